The zero-order valence-corrected chi connectivity index (χ0v) is 13.9. The number of carbonyl (C=O) groups excluding carboxylic acids is 1. The third kappa shape index (κ3) is 4.13. The summed E-state index contributed by atoms with van der Waals surface area (Å²) in [5.74, 6) is 0. The van der Waals surface area contributed by atoms with Crippen molar-refractivity contribution in [2.75, 3.05) is 19.7 Å². The summed E-state index contributed by atoms with van der Waals surface area (Å²) in [6.07, 6.45) is 9.72. The van der Waals surface area contributed by atoms with Crippen molar-refractivity contribution in [2.24, 2.45) is 0 Å². The Kier molecular flexibility index (Phi) is 5.58. The Morgan fingerprint density at radius 2 is 1.73 bits per heavy atom. The second-order valence-electron chi connectivity index (χ2n) is 7.18. The third-order valence-corrected chi connectivity index (χ3v) is 5.54. The first-order valence-electron chi connectivity index (χ1n) is 9.15. The molecule has 0 radical (unpaired) electrons. The summed E-state index contributed by atoms with van der Waals surface area (Å²) in [4.78, 5) is 14.3. The van der Waals surface area contributed by atoms with Crippen LogP contribution in [0, 0.1) is 0 Å². The second-order valence-corrected chi connectivity index (χ2v) is 7.18. The Morgan fingerprint density at radius 3 is 2.36 bits per heavy atom. The van der Waals surface area contributed by atoms with E-state index in [1.54, 1.807) is 0 Å². The third-order valence-electron chi connectivity index (χ3n) is 5.54. The normalized spacial score (nSPS) is 31.4. The molecule has 22 heavy (non-hydrogen) atoms. The molecule has 0 spiro atoms. The number of ether oxygens (including phenoxy) is 1. The first-order valence-corrected chi connectivity index (χ1v) is 9.15. The molecule has 0 bridgehead atoms. The molecule has 2 amide bonds. The van der Waals surface area contributed by atoms with Crippen molar-refractivity contribution in [1.29, 1.82) is 0 Å². The number of nitrogens with one attached hydrogen (secondary N) is 2. The van der Waals surface area contributed by atoms with E-state index in [1.165, 1.54) is 19.3 Å². The molecule has 2 atom stereocenters. The fourth-order valence-electron chi connectivity index (χ4n) is 4.02. The van der Waals surface area contributed by atoms with E-state index < -0.39 is 0 Å². The number of hydrogen-bond acceptors (Lipinski definition) is 3. The van der Waals surface area contributed by atoms with Gasteiger partial charge in [0.05, 0.1) is 6.10 Å². The molecule has 5 nitrogen and oxygen atoms in total. The Labute approximate surface area is 134 Å². The second kappa shape index (κ2) is 7.64. The van der Waals surface area contributed by atoms with Crippen molar-refractivity contribution in [2.45, 2.75) is 82.5 Å². The molecule has 0 aromatic rings. The van der Waals surface area contributed by atoms with Gasteiger partial charge in [-0.3, -0.25) is 0 Å². The van der Waals surface area contributed by atoms with Gasteiger partial charge in [0.15, 0.2) is 0 Å². The lowest BCUT2D eigenvalue weighted by Crippen LogP contribution is -2.52. The summed E-state index contributed by atoms with van der Waals surface area (Å²) in [5, 5.41) is 6.96. The van der Waals surface area contributed by atoms with Crippen molar-refractivity contribution in [3.63, 3.8) is 0 Å². The maximum Gasteiger partial charge on any atom is 0.317 e. The van der Waals surface area contributed by atoms with E-state index in [1.807, 2.05) is 4.90 Å². The van der Waals surface area contributed by atoms with Crippen LogP contribution < -0.4 is 10.6 Å². The fraction of sp³-hybridized carbons (Fsp3) is 0.941. The van der Waals surface area contributed by atoms with E-state index in [4.69, 9.17) is 4.74 Å². The molecule has 2 aliphatic heterocycles. The molecule has 2 N–H and O–H groups in total. The fourth-order valence-corrected chi connectivity index (χ4v) is 4.02. The molecular weight excluding hydrogens is 278 g/mol. The quantitative estimate of drug-likeness (QED) is 0.841. The van der Waals surface area contributed by atoms with Crippen LogP contribution in [-0.2, 0) is 4.74 Å². The van der Waals surface area contributed by atoms with Gasteiger partial charge in [-0.1, -0.05) is 19.3 Å². The number of likely N-dealkylation sites (tertiary alicyclic amines) is 1. The van der Waals surface area contributed by atoms with E-state index in [9.17, 15) is 4.79 Å². The Morgan fingerprint density at radius 1 is 1.00 bits per heavy atom. The number of rotatable bonds is 3. The van der Waals surface area contributed by atoms with E-state index in [-0.39, 0.29) is 6.03 Å². The number of amides is 2. The molecule has 0 aromatic carbocycles. The monoisotopic (exact) mass is 309 g/mol. The maximum atomic E-state index is 12.3. The zero-order valence-electron chi connectivity index (χ0n) is 13.9. The van der Waals surface area contributed by atoms with Gasteiger partial charge in [0.2, 0.25) is 0 Å². The molecule has 3 fully saturated rings. The highest BCUT2D eigenvalue weighted by molar-refractivity contribution is 5.74. The first kappa shape index (κ1) is 16.1. The molecule has 1 aliphatic carbocycles. The van der Waals surface area contributed by atoms with E-state index >= 15 is 0 Å². The van der Waals surface area contributed by atoms with Crippen LogP contribution in [0.5, 0.6) is 0 Å². The van der Waals surface area contributed by atoms with Crippen molar-refractivity contribution in [3.8, 4) is 0 Å². The van der Waals surface area contributed by atoms with E-state index in [2.05, 4.69) is 17.6 Å². The lowest BCUT2D eigenvalue weighted by atomic mass is 9.95. The summed E-state index contributed by atoms with van der Waals surface area (Å²) in [6.45, 7) is 4.77. The molecule has 126 valence electrons. The van der Waals surface area contributed by atoms with E-state index in [0.29, 0.717) is 24.2 Å². The van der Waals surface area contributed by atoms with E-state index in [0.717, 1.165) is 51.8 Å². The topological polar surface area (TPSA) is 53.6 Å². The molecule has 2 heterocycles. The Hall–Kier alpha value is -0.810. The minimum absolute atomic E-state index is 0.155. The lowest BCUT2D eigenvalue weighted by molar-refractivity contribution is 0.107. The van der Waals surface area contributed by atoms with Crippen molar-refractivity contribution < 1.29 is 9.53 Å². The van der Waals surface area contributed by atoms with Crippen LogP contribution in [-0.4, -0.2) is 54.9 Å². The van der Waals surface area contributed by atoms with Gasteiger partial charge >= 0.3 is 6.03 Å². The molecular formula is C17H31N3O2. The molecule has 3 aliphatic rings. The standard InChI is InChI=1S/C17H31N3O2/c1-13-16(9-12-22-13)18-15-7-10-20(11-8-15)17(21)19-14-5-3-2-4-6-14/h13-16,18H,2-12H2,1H3,(H,19,21)/t13-,16-/m0/s1. The average Bonchev–Trinajstić information content (AvgIpc) is 2.94. The van der Waals surface area contributed by atoms with Crippen LogP contribution in [0.3, 0.4) is 0 Å². The number of carbonyl (C=O) groups is 1. The molecule has 5 heteroatoms. The summed E-state index contributed by atoms with van der Waals surface area (Å²) in [5.41, 5.74) is 0. The van der Waals surface area contributed by atoms with Crippen LogP contribution in [0.1, 0.15) is 58.3 Å². The predicted molar refractivity (Wildman–Crippen MR) is 87.0 cm³/mol. The number of piperidine rings is 1. The molecule has 0 unspecified atom stereocenters. The number of nitrogens with zero attached hydrogens (tertiary/aromatic N) is 1. The first-order chi connectivity index (χ1) is 10.7. The highest BCUT2D eigenvalue weighted by atomic mass is 16.5. The highest BCUT2D eigenvalue weighted by Crippen LogP contribution is 2.19. The Balaban J connectivity index is 1.38. The SMILES string of the molecule is C[C@@H]1OCC[C@@H]1NC1CCN(C(=O)NC2CCCCC2)CC1. The van der Waals surface area contributed by atoms with Gasteiger partial charge < -0.3 is 20.3 Å². The van der Waals surface area contributed by atoms with Crippen LogP contribution in [0.4, 0.5) is 4.79 Å². The molecule has 1 saturated carbocycles. The van der Waals surface area contributed by atoms with Gasteiger partial charge in [0.25, 0.3) is 0 Å². The predicted octanol–water partition coefficient (Wildman–Crippen LogP) is 2.26. The largest absolute Gasteiger partial charge is 0.377 e. The van der Waals surface area contributed by atoms with Crippen LogP contribution in [0.25, 0.3) is 0 Å². The van der Waals surface area contributed by atoms with Crippen molar-refractivity contribution in [1.82, 2.24) is 15.5 Å². The number of urea groups is 1. The zero-order chi connectivity index (χ0) is 15.4. The van der Waals surface area contributed by atoms with Gasteiger partial charge in [0.1, 0.15) is 0 Å². The maximum absolute atomic E-state index is 12.3. The van der Waals surface area contributed by atoms with Gasteiger partial charge in [-0.15, -0.1) is 0 Å². The van der Waals surface area contributed by atoms with Crippen LogP contribution in [0.2, 0.25) is 0 Å². The van der Waals surface area contributed by atoms with Crippen molar-refractivity contribution in [3.05, 3.63) is 0 Å². The lowest BCUT2D eigenvalue weighted by Gasteiger charge is -2.35. The molecule has 0 aromatic heterocycles. The minimum Gasteiger partial charge on any atom is -0.377 e. The van der Waals surface area contributed by atoms with Gasteiger partial charge in [-0.25, -0.2) is 4.79 Å². The summed E-state index contributed by atoms with van der Waals surface area (Å²) in [7, 11) is 0. The van der Waals surface area contributed by atoms with Gasteiger partial charge in [-0.2, -0.15) is 0 Å². The highest BCUT2D eigenvalue weighted by Gasteiger charge is 2.29. The molecule has 3 rings (SSSR count). The summed E-state index contributed by atoms with van der Waals surface area (Å²) < 4.78 is 5.61. The van der Waals surface area contributed by atoms with Gasteiger partial charge in [0, 0.05) is 37.8 Å². The Bertz CT molecular complexity index is 363. The molecule has 2 saturated heterocycles. The van der Waals surface area contributed by atoms with Crippen LogP contribution >= 0.6 is 0 Å². The van der Waals surface area contributed by atoms with Gasteiger partial charge in [-0.05, 0) is 39.0 Å². The average molecular weight is 309 g/mol. The number of hydrogen-bond donors (Lipinski definition) is 2. The smallest absolute Gasteiger partial charge is 0.317 e. The van der Waals surface area contributed by atoms with Crippen LogP contribution in [0.15, 0.2) is 0 Å². The van der Waals surface area contributed by atoms with Crippen molar-refractivity contribution >= 4 is 6.03 Å². The minimum atomic E-state index is 0.155. The summed E-state index contributed by atoms with van der Waals surface area (Å²) in [6, 6.07) is 1.59. The summed E-state index contributed by atoms with van der Waals surface area (Å²) >= 11 is 0.